The molecule has 1 N–H and O–H groups in total. The van der Waals surface area contributed by atoms with Crippen molar-refractivity contribution in [2.45, 2.75) is 6.92 Å². The number of aliphatic imine (C=N–C) groups is 1. The lowest BCUT2D eigenvalue weighted by molar-refractivity contribution is 0.265. The van der Waals surface area contributed by atoms with Crippen LogP contribution >= 0.6 is 23.1 Å². The van der Waals surface area contributed by atoms with E-state index in [2.05, 4.69) is 15.3 Å². The first kappa shape index (κ1) is 17.9. The summed E-state index contributed by atoms with van der Waals surface area (Å²) >= 11 is 2.70. The van der Waals surface area contributed by atoms with Gasteiger partial charge in [-0.1, -0.05) is 24.3 Å². The molecule has 4 aromatic rings. The number of aromatic nitrogens is 1. The molecule has 29 heavy (non-hydrogen) atoms. The third-order valence-corrected chi connectivity index (χ3v) is 6.17. The van der Waals surface area contributed by atoms with Gasteiger partial charge in [-0.2, -0.15) is 0 Å². The fraction of sp³-hybridized carbons (Fsp3) is 0.0455. The van der Waals surface area contributed by atoms with E-state index in [9.17, 15) is 4.79 Å². The predicted octanol–water partition coefficient (Wildman–Crippen LogP) is 6.39. The molecule has 142 valence electrons. The molecule has 1 saturated heterocycles. The molecule has 0 aliphatic carbocycles. The topological polar surface area (TPSA) is 67.5 Å². The molecule has 7 heteroatoms. The maximum Gasteiger partial charge on any atom is 0.289 e. The number of carbonyl (C=O) groups is 1. The largest absolute Gasteiger partial charge is 0.454 e. The van der Waals surface area contributed by atoms with E-state index in [1.807, 2.05) is 73.7 Å². The second kappa shape index (κ2) is 7.35. The SMILES string of the molecule is Cc1cccc(N=C2NC(=O)S/C2=C\c2ccc(-c3nc4ccccc4s3)o2)c1. The van der Waals surface area contributed by atoms with Crippen molar-refractivity contribution in [3.8, 4) is 10.8 Å². The van der Waals surface area contributed by atoms with Gasteiger partial charge in [-0.3, -0.25) is 4.79 Å². The van der Waals surface area contributed by atoms with Gasteiger partial charge in [0, 0.05) is 0 Å². The van der Waals surface area contributed by atoms with Crippen molar-refractivity contribution in [2.75, 3.05) is 0 Å². The minimum atomic E-state index is -0.152. The van der Waals surface area contributed by atoms with Gasteiger partial charge in [-0.25, -0.2) is 9.98 Å². The van der Waals surface area contributed by atoms with Crippen LogP contribution < -0.4 is 5.32 Å². The van der Waals surface area contributed by atoms with Crippen molar-refractivity contribution in [3.63, 3.8) is 0 Å². The van der Waals surface area contributed by atoms with Crippen LogP contribution in [0.1, 0.15) is 11.3 Å². The highest BCUT2D eigenvalue weighted by Crippen LogP contribution is 2.33. The number of carbonyl (C=O) groups excluding carboxylic acids is 1. The first-order valence-corrected chi connectivity index (χ1v) is 10.6. The first-order chi connectivity index (χ1) is 14.1. The number of rotatable bonds is 3. The molecule has 1 amide bonds. The lowest BCUT2D eigenvalue weighted by atomic mass is 10.2. The van der Waals surface area contributed by atoms with E-state index in [1.54, 1.807) is 11.3 Å². The Bertz CT molecular complexity index is 1270. The molecule has 0 atom stereocenters. The summed E-state index contributed by atoms with van der Waals surface area (Å²) < 4.78 is 7.10. The Balaban J connectivity index is 1.47. The molecule has 1 aliphatic heterocycles. The van der Waals surface area contributed by atoms with Gasteiger partial charge in [0.25, 0.3) is 5.24 Å². The second-order valence-electron chi connectivity index (χ2n) is 6.51. The Hall–Kier alpha value is -3.16. The number of hydrogen-bond acceptors (Lipinski definition) is 6. The number of hydrogen-bond donors (Lipinski definition) is 1. The van der Waals surface area contributed by atoms with Crippen LogP contribution in [0.3, 0.4) is 0 Å². The van der Waals surface area contributed by atoms with E-state index >= 15 is 0 Å². The predicted molar refractivity (Wildman–Crippen MR) is 120 cm³/mol. The summed E-state index contributed by atoms with van der Waals surface area (Å²) in [5.41, 5.74) is 2.86. The van der Waals surface area contributed by atoms with Crippen LogP contribution in [0.4, 0.5) is 10.5 Å². The molecule has 5 nitrogen and oxygen atoms in total. The number of nitrogens with zero attached hydrogens (tertiary/aromatic N) is 2. The number of aryl methyl sites for hydroxylation is 1. The number of thiazole rings is 1. The summed E-state index contributed by atoms with van der Waals surface area (Å²) in [7, 11) is 0. The van der Waals surface area contributed by atoms with Crippen LogP contribution in [0.5, 0.6) is 0 Å². The second-order valence-corrected chi connectivity index (χ2v) is 8.56. The van der Waals surface area contributed by atoms with E-state index in [4.69, 9.17) is 4.42 Å². The number of nitrogens with one attached hydrogen (secondary N) is 1. The van der Waals surface area contributed by atoms with Crippen LogP contribution in [0.2, 0.25) is 0 Å². The third-order valence-electron chi connectivity index (χ3n) is 4.30. The van der Waals surface area contributed by atoms with E-state index < -0.39 is 0 Å². The first-order valence-electron chi connectivity index (χ1n) is 8.96. The smallest absolute Gasteiger partial charge is 0.289 e. The van der Waals surface area contributed by atoms with Gasteiger partial charge in [0.05, 0.1) is 20.8 Å². The van der Waals surface area contributed by atoms with Gasteiger partial charge in [-0.05, 0) is 66.7 Å². The zero-order chi connectivity index (χ0) is 19.8. The van der Waals surface area contributed by atoms with E-state index in [0.29, 0.717) is 17.4 Å². The van der Waals surface area contributed by atoms with Crippen molar-refractivity contribution < 1.29 is 9.21 Å². The lowest BCUT2D eigenvalue weighted by Crippen LogP contribution is -2.18. The number of amides is 1. The van der Waals surface area contributed by atoms with Crippen LogP contribution in [-0.2, 0) is 0 Å². The summed E-state index contributed by atoms with van der Waals surface area (Å²) in [5, 5.41) is 3.48. The van der Waals surface area contributed by atoms with E-state index in [0.717, 1.165) is 43.1 Å². The molecule has 0 spiro atoms. The number of benzene rings is 2. The molecule has 0 saturated carbocycles. The average Bonchev–Trinajstić information content (AvgIpc) is 3.41. The molecule has 0 bridgehead atoms. The zero-order valence-electron chi connectivity index (χ0n) is 15.4. The zero-order valence-corrected chi connectivity index (χ0v) is 17.0. The third kappa shape index (κ3) is 3.74. The maximum atomic E-state index is 11.9. The summed E-state index contributed by atoms with van der Waals surface area (Å²) in [5.74, 6) is 1.89. The van der Waals surface area contributed by atoms with Gasteiger partial charge in [-0.15, -0.1) is 11.3 Å². The molecule has 5 rings (SSSR count). The molecule has 1 aliphatic rings. The van der Waals surface area contributed by atoms with Crippen molar-refractivity contribution in [1.29, 1.82) is 0 Å². The van der Waals surface area contributed by atoms with Gasteiger partial charge in [0.2, 0.25) is 0 Å². The van der Waals surface area contributed by atoms with Crippen molar-refractivity contribution in [3.05, 3.63) is 76.9 Å². The Kier molecular flexibility index (Phi) is 4.54. The number of furan rings is 1. The van der Waals surface area contributed by atoms with Crippen LogP contribution in [0.25, 0.3) is 27.1 Å². The minimum Gasteiger partial charge on any atom is -0.454 e. The molecule has 0 radical (unpaired) electrons. The minimum absolute atomic E-state index is 0.152. The maximum absolute atomic E-state index is 11.9. The molecular weight excluding hydrogens is 402 g/mol. The Labute approximate surface area is 175 Å². The normalized spacial score (nSPS) is 16.8. The highest BCUT2D eigenvalue weighted by molar-refractivity contribution is 8.18. The Morgan fingerprint density at radius 1 is 1.10 bits per heavy atom. The summed E-state index contributed by atoms with van der Waals surface area (Å²) in [6.45, 7) is 2.01. The van der Waals surface area contributed by atoms with Gasteiger partial charge >= 0.3 is 0 Å². The number of thioether (sulfide) groups is 1. The number of amidine groups is 1. The fourth-order valence-electron chi connectivity index (χ4n) is 2.99. The van der Waals surface area contributed by atoms with Gasteiger partial charge < -0.3 is 9.73 Å². The van der Waals surface area contributed by atoms with E-state index in [1.165, 1.54) is 0 Å². The van der Waals surface area contributed by atoms with Gasteiger partial charge in [0.15, 0.2) is 10.8 Å². The lowest BCUT2D eigenvalue weighted by Gasteiger charge is -2.00. The Morgan fingerprint density at radius 2 is 2.00 bits per heavy atom. The molecular formula is C22H15N3O2S2. The molecule has 2 aromatic heterocycles. The van der Waals surface area contributed by atoms with Crippen molar-refractivity contribution in [1.82, 2.24) is 10.3 Å². The standard InChI is InChI=1S/C22H15N3O2S2/c1-13-5-4-6-14(11-13)23-20-19(29-22(26)25-20)12-15-9-10-17(27-15)21-24-16-7-2-3-8-18(16)28-21/h2-12H,1H3,(H,23,25,26)/b19-12-. The Morgan fingerprint density at radius 3 is 2.86 bits per heavy atom. The highest BCUT2D eigenvalue weighted by atomic mass is 32.2. The highest BCUT2D eigenvalue weighted by Gasteiger charge is 2.24. The number of para-hydroxylation sites is 1. The summed E-state index contributed by atoms with van der Waals surface area (Å²) in [6, 6.07) is 19.6. The monoisotopic (exact) mass is 417 g/mol. The van der Waals surface area contributed by atoms with Crippen LogP contribution in [0.15, 0.2) is 75.0 Å². The van der Waals surface area contributed by atoms with Crippen molar-refractivity contribution in [2.24, 2.45) is 4.99 Å². The quantitative estimate of drug-likeness (QED) is 0.419. The van der Waals surface area contributed by atoms with Crippen LogP contribution in [0, 0.1) is 6.92 Å². The number of fused-ring (bicyclic) bond motifs is 1. The van der Waals surface area contributed by atoms with Gasteiger partial charge in [0.1, 0.15) is 11.6 Å². The molecule has 1 fully saturated rings. The molecule has 0 unspecified atom stereocenters. The van der Waals surface area contributed by atoms with Crippen LogP contribution in [-0.4, -0.2) is 16.1 Å². The summed E-state index contributed by atoms with van der Waals surface area (Å²) in [4.78, 5) is 21.9. The van der Waals surface area contributed by atoms with Crippen molar-refractivity contribution >= 4 is 56.2 Å². The van der Waals surface area contributed by atoms with E-state index in [-0.39, 0.29) is 5.24 Å². The summed E-state index contributed by atoms with van der Waals surface area (Å²) in [6.07, 6.45) is 1.83. The molecule has 2 aromatic carbocycles. The average molecular weight is 418 g/mol. The molecule has 3 heterocycles. The fourth-order valence-corrected chi connectivity index (χ4v) is 4.63.